The van der Waals surface area contributed by atoms with E-state index < -0.39 is 0 Å². The molecule has 80 valence electrons. The summed E-state index contributed by atoms with van der Waals surface area (Å²) in [6.07, 6.45) is 1.29. The second-order valence-corrected chi connectivity index (χ2v) is 3.13. The highest BCUT2D eigenvalue weighted by Gasteiger charge is 2.07. The molecule has 0 spiro atoms. The first-order chi connectivity index (χ1) is 6.28. The molecule has 0 aromatic heterocycles. The summed E-state index contributed by atoms with van der Waals surface area (Å²) in [5.41, 5.74) is 5.58. The Morgan fingerprint density at radius 2 is 1.85 bits per heavy atom. The van der Waals surface area contributed by atoms with Crippen LogP contribution in [0.2, 0.25) is 0 Å². The van der Waals surface area contributed by atoms with Crippen molar-refractivity contribution < 1.29 is 4.74 Å². The number of nitrogens with two attached hydrogens (primary N) is 1. The molecule has 0 saturated carbocycles. The summed E-state index contributed by atoms with van der Waals surface area (Å²) >= 11 is 0. The van der Waals surface area contributed by atoms with Crippen molar-refractivity contribution in [3.63, 3.8) is 0 Å². The minimum atomic E-state index is 0.241. The van der Waals surface area contributed by atoms with E-state index in [2.05, 4.69) is 18.7 Å². The Bertz CT molecular complexity index is 105. The maximum absolute atomic E-state index is 5.58. The van der Waals surface area contributed by atoms with E-state index in [4.69, 9.17) is 10.5 Å². The van der Waals surface area contributed by atoms with Crippen LogP contribution >= 0.6 is 0 Å². The highest BCUT2D eigenvalue weighted by atomic mass is 16.5. The fourth-order valence-corrected chi connectivity index (χ4v) is 1.37. The highest BCUT2D eigenvalue weighted by molar-refractivity contribution is 4.62. The topological polar surface area (TPSA) is 38.5 Å². The molecule has 13 heavy (non-hydrogen) atoms. The number of nitrogens with zero attached hydrogens (tertiary/aromatic N) is 1. The van der Waals surface area contributed by atoms with Crippen LogP contribution in [0.3, 0.4) is 0 Å². The lowest BCUT2D eigenvalue weighted by molar-refractivity contribution is 0.0552. The van der Waals surface area contributed by atoms with Gasteiger partial charge >= 0.3 is 0 Å². The van der Waals surface area contributed by atoms with Gasteiger partial charge in [0.25, 0.3) is 0 Å². The van der Waals surface area contributed by atoms with Crippen LogP contribution in [0, 0.1) is 0 Å². The third-order valence-electron chi connectivity index (χ3n) is 2.33. The van der Waals surface area contributed by atoms with Crippen LogP contribution in [-0.4, -0.2) is 43.8 Å². The lowest BCUT2D eigenvalue weighted by Crippen LogP contribution is -2.31. The van der Waals surface area contributed by atoms with Gasteiger partial charge in [-0.2, -0.15) is 0 Å². The van der Waals surface area contributed by atoms with Gasteiger partial charge in [-0.15, -0.1) is 0 Å². The van der Waals surface area contributed by atoms with Crippen molar-refractivity contribution in [3.8, 4) is 0 Å². The van der Waals surface area contributed by atoms with Crippen molar-refractivity contribution in [1.29, 1.82) is 0 Å². The van der Waals surface area contributed by atoms with E-state index in [9.17, 15) is 0 Å². The van der Waals surface area contributed by atoms with E-state index >= 15 is 0 Å². The second-order valence-electron chi connectivity index (χ2n) is 3.13. The van der Waals surface area contributed by atoms with E-state index in [1.165, 1.54) is 0 Å². The Kier molecular flexibility index (Phi) is 8.40. The monoisotopic (exact) mass is 188 g/mol. The number of hydrogen-bond acceptors (Lipinski definition) is 3. The molecule has 0 saturated heterocycles. The molecular weight excluding hydrogens is 164 g/mol. The van der Waals surface area contributed by atoms with Gasteiger partial charge in [0.2, 0.25) is 0 Å². The summed E-state index contributed by atoms with van der Waals surface area (Å²) in [6, 6.07) is 0. The molecular formula is C10H24N2O. The largest absolute Gasteiger partial charge is 0.377 e. The fraction of sp³-hybridized carbons (Fsp3) is 1.00. The second kappa shape index (κ2) is 8.48. The maximum atomic E-state index is 5.58. The summed E-state index contributed by atoms with van der Waals surface area (Å²) in [5.74, 6) is 0. The third kappa shape index (κ3) is 6.02. The van der Waals surface area contributed by atoms with Gasteiger partial charge in [0.1, 0.15) is 0 Å². The first kappa shape index (κ1) is 12.9. The average molecular weight is 188 g/mol. The molecule has 0 aliphatic heterocycles. The molecule has 0 fully saturated rings. The third-order valence-corrected chi connectivity index (χ3v) is 2.33. The van der Waals surface area contributed by atoms with E-state index in [0.717, 1.165) is 32.7 Å². The zero-order valence-electron chi connectivity index (χ0n) is 9.25. The lowest BCUT2D eigenvalue weighted by Gasteiger charge is -2.21. The lowest BCUT2D eigenvalue weighted by atomic mass is 10.2. The Hall–Kier alpha value is -0.120. The molecule has 0 rings (SSSR count). The van der Waals surface area contributed by atoms with E-state index in [1.807, 2.05) is 6.92 Å². The highest BCUT2D eigenvalue weighted by Crippen LogP contribution is 1.99. The first-order valence-electron chi connectivity index (χ1n) is 5.32. The van der Waals surface area contributed by atoms with E-state index in [-0.39, 0.29) is 6.10 Å². The van der Waals surface area contributed by atoms with E-state index in [1.54, 1.807) is 0 Å². The van der Waals surface area contributed by atoms with Crippen LogP contribution in [0.25, 0.3) is 0 Å². The molecule has 0 heterocycles. The molecule has 0 radical (unpaired) electrons. The molecule has 3 nitrogen and oxygen atoms in total. The normalized spacial score (nSPS) is 13.6. The van der Waals surface area contributed by atoms with Crippen molar-refractivity contribution in [1.82, 2.24) is 4.90 Å². The Morgan fingerprint density at radius 1 is 1.23 bits per heavy atom. The Balaban J connectivity index is 3.56. The quantitative estimate of drug-likeness (QED) is 0.619. The average Bonchev–Trinajstić information content (AvgIpc) is 2.17. The molecule has 0 aromatic carbocycles. The minimum Gasteiger partial charge on any atom is -0.377 e. The van der Waals surface area contributed by atoms with Crippen molar-refractivity contribution in [3.05, 3.63) is 0 Å². The zero-order chi connectivity index (χ0) is 10.1. The number of ether oxygens (including phenoxy) is 1. The molecule has 0 aromatic rings. The number of hydrogen-bond donors (Lipinski definition) is 1. The standard InChI is InChI=1S/C10H24N2O/c1-4-12(5-2)8-7-10(9-11)13-6-3/h10H,4-9,11H2,1-3H3. The minimum absolute atomic E-state index is 0.241. The predicted octanol–water partition coefficient (Wildman–Crippen LogP) is 1.08. The summed E-state index contributed by atoms with van der Waals surface area (Å²) in [7, 11) is 0. The molecule has 0 aliphatic rings. The molecule has 3 heteroatoms. The van der Waals surface area contributed by atoms with Gasteiger partial charge in [-0.1, -0.05) is 13.8 Å². The van der Waals surface area contributed by atoms with Gasteiger partial charge < -0.3 is 15.4 Å². The van der Waals surface area contributed by atoms with Crippen molar-refractivity contribution >= 4 is 0 Å². The van der Waals surface area contributed by atoms with Crippen LogP contribution in [0.5, 0.6) is 0 Å². The summed E-state index contributed by atoms with van der Waals surface area (Å²) in [4.78, 5) is 2.39. The maximum Gasteiger partial charge on any atom is 0.0709 e. The van der Waals surface area contributed by atoms with Crippen LogP contribution in [0.1, 0.15) is 27.2 Å². The number of rotatable bonds is 8. The first-order valence-corrected chi connectivity index (χ1v) is 5.32. The molecule has 0 amide bonds. The van der Waals surface area contributed by atoms with Gasteiger partial charge in [0.05, 0.1) is 6.10 Å². The van der Waals surface area contributed by atoms with Crippen LogP contribution in [-0.2, 0) is 4.74 Å². The van der Waals surface area contributed by atoms with Crippen LogP contribution < -0.4 is 5.73 Å². The van der Waals surface area contributed by atoms with Crippen molar-refractivity contribution in [2.75, 3.05) is 32.8 Å². The fourth-order valence-electron chi connectivity index (χ4n) is 1.37. The predicted molar refractivity (Wildman–Crippen MR) is 56.9 cm³/mol. The van der Waals surface area contributed by atoms with E-state index in [0.29, 0.717) is 6.54 Å². The molecule has 0 bridgehead atoms. The molecule has 1 atom stereocenters. The summed E-state index contributed by atoms with van der Waals surface area (Å²) in [6.45, 7) is 11.1. The Labute approximate surface area is 82.2 Å². The van der Waals surface area contributed by atoms with Crippen molar-refractivity contribution in [2.24, 2.45) is 5.73 Å². The van der Waals surface area contributed by atoms with Gasteiger partial charge in [-0.3, -0.25) is 0 Å². The van der Waals surface area contributed by atoms with Gasteiger partial charge in [0, 0.05) is 19.7 Å². The summed E-state index contributed by atoms with van der Waals surface area (Å²) < 4.78 is 5.48. The van der Waals surface area contributed by atoms with Gasteiger partial charge in [0.15, 0.2) is 0 Å². The Morgan fingerprint density at radius 3 is 2.23 bits per heavy atom. The molecule has 0 aliphatic carbocycles. The summed E-state index contributed by atoms with van der Waals surface area (Å²) in [5, 5.41) is 0. The van der Waals surface area contributed by atoms with Gasteiger partial charge in [-0.25, -0.2) is 0 Å². The smallest absolute Gasteiger partial charge is 0.0709 e. The van der Waals surface area contributed by atoms with Crippen molar-refractivity contribution in [2.45, 2.75) is 33.3 Å². The van der Waals surface area contributed by atoms with Crippen LogP contribution in [0.4, 0.5) is 0 Å². The van der Waals surface area contributed by atoms with Gasteiger partial charge in [-0.05, 0) is 26.4 Å². The molecule has 2 N–H and O–H groups in total. The zero-order valence-corrected chi connectivity index (χ0v) is 9.25. The SMILES string of the molecule is CCOC(CN)CCN(CC)CC. The molecule has 1 unspecified atom stereocenters. The van der Waals surface area contributed by atoms with Crippen LogP contribution in [0.15, 0.2) is 0 Å².